The zero-order valence-electron chi connectivity index (χ0n) is 40.3. The molecule has 1 atom stereocenters. The van der Waals surface area contributed by atoms with Crippen LogP contribution in [0.15, 0.2) is 254 Å². The molecule has 1 spiro atoms. The Kier molecular flexibility index (Phi) is 10.7. The third kappa shape index (κ3) is 6.94. The van der Waals surface area contributed by atoms with Crippen LogP contribution in [0.3, 0.4) is 0 Å². The minimum absolute atomic E-state index is 0.549. The van der Waals surface area contributed by atoms with Crippen LogP contribution in [0.25, 0.3) is 55.8 Å². The van der Waals surface area contributed by atoms with E-state index in [1.807, 2.05) is 18.2 Å². The summed E-state index contributed by atoms with van der Waals surface area (Å²) in [5.74, 6) is 1.20. The van der Waals surface area contributed by atoms with Crippen molar-refractivity contribution in [2.45, 2.75) is 17.6 Å². The summed E-state index contributed by atoms with van der Waals surface area (Å²) < 4.78 is 6.30. The number of hydrogen-bond donors (Lipinski definition) is 1. The first kappa shape index (κ1) is 43.8. The van der Waals surface area contributed by atoms with Gasteiger partial charge in [0, 0.05) is 34.5 Å². The van der Waals surface area contributed by atoms with E-state index in [0.717, 1.165) is 94.9 Å². The van der Waals surface area contributed by atoms with Crippen molar-refractivity contribution in [2.75, 3.05) is 12.0 Å². The smallest absolute Gasteiger partial charge is 0.171 e. The molecule has 1 N–H and O–H groups in total. The van der Waals surface area contributed by atoms with Gasteiger partial charge in [-0.3, -0.25) is 10.3 Å². The molecule has 11 aromatic rings. The third-order valence-corrected chi connectivity index (χ3v) is 14.9. The second-order valence-electron chi connectivity index (χ2n) is 18.7. The van der Waals surface area contributed by atoms with Gasteiger partial charge in [-0.1, -0.05) is 212 Å². The predicted octanol–water partition coefficient (Wildman–Crippen LogP) is 15.5. The van der Waals surface area contributed by atoms with Crippen LogP contribution in [-0.4, -0.2) is 23.8 Å². The lowest BCUT2D eigenvalue weighted by Crippen LogP contribution is -2.42. The number of aliphatic imine (C=N–C) groups is 1. The molecular weight excluding hydrogens is 891 g/mol. The highest BCUT2D eigenvalue weighted by Gasteiger charge is 2.53. The van der Waals surface area contributed by atoms with Gasteiger partial charge in [0.05, 0.1) is 23.9 Å². The van der Waals surface area contributed by atoms with Gasteiger partial charge in [-0.05, 0) is 98.4 Å². The zero-order chi connectivity index (χ0) is 48.9. The number of benzene rings is 10. The van der Waals surface area contributed by atoms with Crippen molar-refractivity contribution in [3.05, 3.63) is 288 Å². The van der Waals surface area contributed by atoms with Gasteiger partial charge in [0.15, 0.2) is 17.2 Å². The van der Waals surface area contributed by atoms with E-state index in [1.165, 1.54) is 11.1 Å². The number of ether oxygens (including phenoxy) is 1. The Morgan fingerprint density at radius 3 is 1.78 bits per heavy atom. The molecule has 0 amide bonds. The summed E-state index contributed by atoms with van der Waals surface area (Å²) >= 11 is 0. The highest BCUT2D eigenvalue weighted by atomic mass is 16.5. The van der Waals surface area contributed by atoms with Crippen LogP contribution in [0, 0.1) is 0 Å². The van der Waals surface area contributed by atoms with Crippen molar-refractivity contribution in [3.63, 3.8) is 0 Å². The number of rotatable bonds is 11. The molecule has 0 radical (unpaired) electrons. The van der Waals surface area contributed by atoms with Gasteiger partial charge < -0.3 is 9.64 Å². The first-order chi connectivity index (χ1) is 36.1. The molecule has 73 heavy (non-hydrogen) atoms. The fraction of sp³-hybridized carbons (Fsp3) is 0.0597. The first-order valence-corrected chi connectivity index (χ1v) is 24.8. The van der Waals surface area contributed by atoms with Gasteiger partial charge in [-0.25, -0.2) is 9.97 Å². The Labute approximate surface area is 425 Å². The summed E-state index contributed by atoms with van der Waals surface area (Å²) in [4.78, 5) is 18.6. The molecule has 0 saturated carbocycles. The van der Waals surface area contributed by atoms with Crippen LogP contribution in [0.2, 0.25) is 0 Å². The van der Waals surface area contributed by atoms with Gasteiger partial charge in [-0.2, -0.15) is 0 Å². The van der Waals surface area contributed by atoms with Crippen molar-refractivity contribution in [1.29, 1.82) is 0 Å². The van der Waals surface area contributed by atoms with Crippen molar-refractivity contribution in [1.82, 2.24) is 15.3 Å². The second-order valence-corrected chi connectivity index (χ2v) is 18.7. The summed E-state index contributed by atoms with van der Waals surface area (Å²) in [6.45, 7) is 4.97. The second kappa shape index (κ2) is 17.9. The van der Waals surface area contributed by atoms with E-state index in [4.69, 9.17) is 19.7 Å². The lowest BCUT2D eigenvalue weighted by molar-refractivity contribution is 0.415. The number of hydrogen-bond acceptors (Lipinski definition) is 6. The lowest BCUT2D eigenvalue weighted by atomic mass is 9.64. The van der Waals surface area contributed by atoms with E-state index >= 15 is 0 Å². The summed E-state index contributed by atoms with van der Waals surface area (Å²) in [6.07, 6.45) is 0. The quantitative estimate of drug-likeness (QED) is 0.131. The monoisotopic (exact) mass is 939 g/mol. The number of anilines is 3. The Balaban J connectivity index is 1.12. The van der Waals surface area contributed by atoms with Crippen molar-refractivity contribution < 1.29 is 4.74 Å². The van der Waals surface area contributed by atoms with Crippen LogP contribution < -0.4 is 15.0 Å². The Hall–Kier alpha value is -9.23. The van der Waals surface area contributed by atoms with Gasteiger partial charge in [0.25, 0.3) is 0 Å². The molecule has 2 heterocycles. The molecule has 348 valence electrons. The lowest BCUT2D eigenvalue weighted by Gasteiger charge is -2.45. The first-order valence-electron chi connectivity index (χ1n) is 24.8. The summed E-state index contributed by atoms with van der Waals surface area (Å²) in [5, 5.41) is 6.27. The zero-order valence-corrected chi connectivity index (χ0v) is 40.3. The van der Waals surface area contributed by atoms with E-state index in [9.17, 15) is 0 Å². The molecule has 2 aliphatic rings. The maximum Gasteiger partial charge on any atom is 0.171 e. The number of para-hydroxylation sites is 3. The normalized spacial score (nSPS) is 13.6. The maximum atomic E-state index is 6.30. The SMILES string of the molecule is C=NC(NCc1ccccc1)(c1ccccc1)c1cccc2c1-c1cc(-c3nc(-c4ccccc4)c(OC)c(-c4ccc5ccccc5c4)n3)ccc1C21c2ccccc2N(c2ccccc2)c2ccccc21. The van der Waals surface area contributed by atoms with E-state index in [2.05, 4.69) is 247 Å². The van der Waals surface area contributed by atoms with Crippen molar-refractivity contribution in [3.8, 4) is 50.8 Å². The van der Waals surface area contributed by atoms with E-state index in [1.54, 1.807) is 7.11 Å². The van der Waals surface area contributed by atoms with Crippen molar-refractivity contribution in [2.24, 2.45) is 4.99 Å². The Bertz CT molecular complexity index is 3830. The summed E-state index contributed by atoms with van der Waals surface area (Å²) in [5.41, 5.74) is 15.6. The van der Waals surface area contributed by atoms with Crippen LogP contribution in [0.5, 0.6) is 5.75 Å². The summed E-state index contributed by atoms with van der Waals surface area (Å²) in [6, 6.07) is 88.4. The van der Waals surface area contributed by atoms with Gasteiger partial charge in [0.2, 0.25) is 0 Å². The van der Waals surface area contributed by atoms with Gasteiger partial charge in [-0.15, -0.1) is 0 Å². The number of aromatic nitrogens is 2. The minimum Gasteiger partial charge on any atom is -0.492 e. The Morgan fingerprint density at radius 2 is 1.10 bits per heavy atom. The van der Waals surface area contributed by atoms with Crippen LogP contribution in [0.1, 0.15) is 38.9 Å². The van der Waals surface area contributed by atoms with Crippen LogP contribution in [-0.2, 0) is 17.6 Å². The molecule has 1 aliphatic heterocycles. The summed E-state index contributed by atoms with van der Waals surface area (Å²) in [7, 11) is 1.71. The number of nitrogens with zero attached hydrogens (tertiary/aromatic N) is 4. The van der Waals surface area contributed by atoms with E-state index < -0.39 is 11.1 Å². The fourth-order valence-electron chi connectivity index (χ4n) is 11.7. The van der Waals surface area contributed by atoms with Crippen molar-refractivity contribution >= 4 is 34.6 Å². The molecule has 1 aromatic heterocycles. The average molecular weight is 940 g/mol. The fourth-order valence-corrected chi connectivity index (χ4v) is 11.7. The predicted molar refractivity (Wildman–Crippen MR) is 298 cm³/mol. The molecule has 0 saturated heterocycles. The number of methoxy groups -OCH3 is 1. The molecule has 0 bridgehead atoms. The molecule has 6 nitrogen and oxygen atoms in total. The largest absolute Gasteiger partial charge is 0.492 e. The molecule has 0 fully saturated rings. The molecule has 10 aromatic carbocycles. The van der Waals surface area contributed by atoms with E-state index in [-0.39, 0.29) is 0 Å². The van der Waals surface area contributed by atoms with Crippen LogP contribution >= 0.6 is 0 Å². The average Bonchev–Trinajstić information content (AvgIpc) is 3.76. The molecule has 13 rings (SSSR count). The van der Waals surface area contributed by atoms with Gasteiger partial charge >= 0.3 is 0 Å². The number of nitrogens with one attached hydrogen (secondary N) is 1. The molecular formula is C67H49N5O. The standard InChI is InChI=1S/C67H49N5O/c1-68-67(51-28-11-5-12-29-51,69-44-45-22-7-3-8-23-45)58-35-21-34-57-61(58)53-43-50(65-70-62(47-25-9-4-10-26-47)64(73-2)63(71-65)49-39-38-46-24-15-16-27-48(46)42-49)40-41-54(53)66(57)55-32-17-19-36-59(55)72(52-30-13-6-14-31-52)60-37-20-18-33-56(60)66/h3-43,69H,1,44H2,2H3. The topological polar surface area (TPSA) is 62.6 Å². The maximum absolute atomic E-state index is 6.30. The number of fused-ring (bicyclic) bond motifs is 10. The molecule has 6 heteroatoms. The Morgan fingerprint density at radius 1 is 0.521 bits per heavy atom. The van der Waals surface area contributed by atoms with Gasteiger partial charge in [0.1, 0.15) is 11.4 Å². The third-order valence-electron chi connectivity index (χ3n) is 14.9. The highest BCUT2D eigenvalue weighted by molar-refractivity contribution is 5.98. The highest BCUT2D eigenvalue weighted by Crippen LogP contribution is 2.65. The molecule has 1 aliphatic carbocycles. The van der Waals surface area contributed by atoms with E-state index in [0.29, 0.717) is 18.1 Å². The molecule has 1 unspecified atom stereocenters. The van der Waals surface area contributed by atoms with Crippen LogP contribution in [0.4, 0.5) is 17.1 Å². The minimum atomic E-state index is -1.08.